The number of carboxylic acids is 1. The number of aliphatic carboxylic acids is 1. The van der Waals surface area contributed by atoms with Gasteiger partial charge in [0.05, 0.1) is 6.54 Å². The fourth-order valence-corrected chi connectivity index (χ4v) is 2.47. The summed E-state index contributed by atoms with van der Waals surface area (Å²) in [4.78, 5) is 24.2. The Kier molecular flexibility index (Phi) is 4.70. The van der Waals surface area contributed by atoms with E-state index in [4.69, 9.17) is 10.8 Å². The Labute approximate surface area is 117 Å². The van der Waals surface area contributed by atoms with Crippen LogP contribution in [0.5, 0.6) is 0 Å². The van der Waals surface area contributed by atoms with E-state index in [1.165, 1.54) is 4.90 Å². The second kappa shape index (κ2) is 6.49. The number of nitrogens with two attached hydrogens (primary N) is 1. The summed E-state index contributed by atoms with van der Waals surface area (Å²) in [5.41, 5.74) is 6.45. The Bertz CT molecular complexity index is 478. The van der Waals surface area contributed by atoms with E-state index < -0.39 is 12.0 Å². The smallest absolute Gasteiger partial charge is 0.326 e. The van der Waals surface area contributed by atoms with E-state index in [0.717, 1.165) is 5.56 Å². The van der Waals surface area contributed by atoms with E-state index in [9.17, 15) is 9.59 Å². The van der Waals surface area contributed by atoms with E-state index in [2.05, 4.69) is 5.32 Å². The maximum Gasteiger partial charge on any atom is 0.326 e. The third-order valence-corrected chi connectivity index (χ3v) is 3.52. The van der Waals surface area contributed by atoms with Crippen molar-refractivity contribution < 1.29 is 14.7 Å². The molecule has 1 aromatic rings. The van der Waals surface area contributed by atoms with Crippen LogP contribution in [0.2, 0.25) is 0 Å². The molecule has 0 bridgehead atoms. The van der Waals surface area contributed by atoms with Crippen molar-refractivity contribution in [1.82, 2.24) is 10.2 Å². The molecule has 6 heteroatoms. The minimum absolute atomic E-state index is 0.0215. The van der Waals surface area contributed by atoms with Crippen LogP contribution in [0.1, 0.15) is 12.0 Å². The van der Waals surface area contributed by atoms with E-state index in [-0.39, 0.29) is 18.5 Å². The van der Waals surface area contributed by atoms with Crippen LogP contribution in [-0.4, -0.2) is 47.1 Å². The second-order valence-electron chi connectivity index (χ2n) is 4.90. The van der Waals surface area contributed by atoms with E-state index in [1.54, 1.807) is 0 Å². The summed E-state index contributed by atoms with van der Waals surface area (Å²) in [6.07, 6.45) is 0.411. The first-order chi connectivity index (χ1) is 9.61. The summed E-state index contributed by atoms with van der Waals surface area (Å²) in [5.74, 6) is -1.29. The monoisotopic (exact) mass is 277 g/mol. The molecule has 4 N–H and O–H groups in total. The van der Waals surface area contributed by atoms with Crippen molar-refractivity contribution in [2.75, 3.05) is 13.1 Å². The van der Waals surface area contributed by atoms with Gasteiger partial charge in [-0.05, 0) is 12.0 Å². The molecule has 0 saturated carbocycles. The van der Waals surface area contributed by atoms with Gasteiger partial charge in [-0.15, -0.1) is 0 Å². The maximum atomic E-state index is 11.7. The zero-order valence-corrected chi connectivity index (χ0v) is 11.2. The topological polar surface area (TPSA) is 95.7 Å². The van der Waals surface area contributed by atoms with Crippen molar-refractivity contribution in [1.29, 1.82) is 0 Å². The van der Waals surface area contributed by atoms with Gasteiger partial charge in [-0.25, -0.2) is 4.79 Å². The molecule has 1 heterocycles. The first kappa shape index (κ1) is 14.5. The standard InChI is InChI=1S/C14H19N3O3/c15-7-13(18)17-9-11(6-12(17)14(19)20)16-8-10-4-2-1-3-5-10/h1-5,11-12,16H,6-9,15H2,(H,19,20). The summed E-state index contributed by atoms with van der Waals surface area (Å²) in [6, 6.07) is 9.05. The predicted octanol–water partition coefficient (Wildman–Crippen LogP) is -0.211. The summed E-state index contributed by atoms with van der Waals surface area (Å²) >= 11 is 0. The van der Waals surface area contributed by atoms with Crippen LogP contribution in [0.25, 0.3) is 0 Å². The van der Waals surface area contributed by atoms with Crippen molar-refractivity contribution >= 4 is 11.9 Å². The molecule has 2 unspecified atom stereocenters. The molecule has 1 aliphatic rings. The Balaban J connectivity index is 1.94. The van der Waals surface area contributed by atoms with Crippen LogP contribution in [0.3, 0.4) is 0 Å². The maximum absolute atomic E-state index is 11.7. The largest absolute Gasteiger partial charge is 0.480 e. The summed E-state index contributed by atoms with van der Waals surface area (Å²) in [5, 5.41) is 12.5. The van der Waals surface area contributed by atoms with Crippen LogP contribution >= 0.6 is 0 Å². The highest BCUT2D eigenvalue weighted by atomic mass is 16.4. The SMILES string of the molecule is NCC(=O)N1CC(NCc2ccccc2)CC1C(=O)O. The first-order valence-electron chi connectivity index (χ1n) is 6.61. The van der Waals surface area contributed by atoms with Crippen molar-refractivity contribution in [3.8, 4) is 0 Å². The molecule has 2 atom stereocenters. The van der Waals surface area contributed by atoms with E-state index >= 15 is 0 Å². The lowest BCUT2D eigenvalue weighted by molar-refractivity contribution is -0.147. The quantitative estimate of drug-likeness (QED) is 0.692. The molecule has 1 fully saturated rings. The number of likely N-dealkylation sites (tertiary alicyclic amines) is 1. The van der Waals surface area contributed by atoms with E-state index in [0.29, 0.717) is 19.5 Å². The van der Waals surface area contributed by atoms with Crippen LogP contribution in [0.4, 0.5) is 0 Å². The molecule has 1 saturated heterocycles. The van der Waals surface area contributed by atoms with Crippen molar-refractivity contribution in [2.45, 2.75) is 25.0 Å². The lowest BCUT2D eigenvalue weighted by Crippen LogP contribution is -2.43. The van der Waals surface area contributed by atoms with Gasteiger partial charge >= 0.3 is 5.97 Å². The molecule has 0 spiro atoms. The molecular formula is C14H19N3O3. The van der Waals surface area contributed by atoms with Gasteiger partial charge in [-0.1, -0.05) is 30.3 Å². The van der Waals surface area contributed by atoms with Crippen LogP contribution in [0.15, 0.2) is 30.3 Å². The number of nitrogens with zero attached hydrogens (tertiary/aromatic N) is 1. The van der Waals surface area contributed by atoms with Crippen LogP contribution in [-0.2, 0) is 16.1 Å². The second-order valence-corrected chi connectivity index (χ2v) is 4.90. The summed E-state index contributed by atoms with van der Waals surface area (Å²) < 4.78 is 0. The van der Waals surface area contributed by atoms with Gasteiger partial charge in [0.15, 0.2) is 0 Å². The van der Waals surface area contributed by atoms with Gasteiger partial charge in [0, 0.05) is 19.1 Å². The highest BCUT2D eigenvalue weighted by molar-refractivity contribution is 5.85. The lowest BCUT2D eigenvalue weighted by Gasteiger charge is -2.20. The number of hydrogen-bond donors (Lipinski definition) is 3. The fraction of sp³-hybridized carbons (Fsp3) is 0.429. The third-order valence-electron chi connectivity index (χ3n) is 3.52. The molecule has 1 amide bonds. The predicted molar refractivity (Wildman–Crippen MR) is 73.9 cm³/mol. The van der Waals surface area contributed by atoms with E-state index in [1.807, 2.05) is 30.3 Å². The molecular weight excluding hydrogens is 258 g/mol. The minimum Gasteiger partial charge on any atom is -0.480 e. The molecule has 6 nitrogen and oxygen atoms in total. The van der Waals surface area contributed by atoms with Crippen molar-refractivity contribution in [2.24, 2.45) is 5.73 Å². The van der Waals surface area contributed by atoms with Crippen molar-refractivity contribution in [3.05, 3.63) is 35.9 Å². The van der Waals surface area contributed by atoms with Gasteiger partial charge < -0.3 is 21.1 Å². The molecule has 20 heavy (non-hydrogen) atoms. The zero-order chi connectivity index (χ0) is 14.5. The van der Waals surface area contributed by atoms with Crippen LogP contribution < -0.4 is 11.1 Å². The summed E-state index contributed by atoms with van der Waals surface area (Å²) in [6.45, 7) is 0.886. The van der Waals surface area contributed by atoms with Gasteiger partial charge in [-0.2, -0.15) is 0 Å². The lowest BCUT2D eigenvalue weighted by atomic mass is 10.1. The van der Waals surface area contributed by atoms with Gasteiger partial charge in [-0.3, -0.25) is 4.79 Å². The number of amides is 1. The molecule has 0 aliphatic carbocycles. The van der Waals surface area contributed by atoms with Gasteiger partial charge in [0.2, 0.25) is 5.91 Å². The minimum atomic E-state index is -0.976. The Morgan fingerprint density at radius 1 is 1.35 bits per heavy atom. The summed E-state index contributed by atoms with van der Waals surface area (Å²) in [7, 11) is 0. The van der Waals surface area contributed by atoms with Crippen LogP contribution in [0, 0.1) is 0 Å². The number of carboxylic acid groups (broad SMARTS) is 1. The number of rotatable bonds is 5. The highest BCUT2D eigenvalue weighted by Gasteiger charge is 2.38. The third kappa shape index (κ3) is 3.34. The zero-order valence-electron chi connectivity index (χ0n) is 11.2. The molecule has 2 rings (SSSR count). The molecule has 0 radical (unpaired) electrons. The first-order valence-corrected chi connectivity index (χ1v) is 6.61. The average Bonchev–Trinajstić information content (AvgIpc) is 2.90. The Hall–Kier alpha value is -1.92. The average molecular weight is 277 g/mol. The molecule has 1 aromatic carbocycles. The highest BCUT2D eigenvalue weighted by Crippen LogP contribution is 2.18. The number of nitrogens with one attached hydrogen (secondary N) is 1. The number of hydrogen-bond acceptors (Lipinski definition) is 4. The molecule has 1 aliphatic heterocycles. The Morgan fingerprint density at radius 3 is 2.65 bits per heavy atom. The normalized spacial score (nSPS) is 21.9. The fourth-order valence-electron chi connectivity index (χ4n) is 2.47. The molecule has 108 valence electrons. The van der Waals surface area contributed by atoms with Gasteiger partial charge in [0.1, 0.15) is 6.04 Å². The Morgan fingerprint density at radius 2 is 2.05 bits per heavy atom. The number of carbonyl (C=O) groups is 2. The van der Waals surface area contributed by atoms with Gasteiger partial charge in [0.25, 0.3) is 0 Å². The van der Waals surface area contributed by atoms with Crippen molar-refractivity contribution in [3.63, 3.8) is 0 Å². The number of carbonyl (C=O) groups excluding carboxylic acids is 1. The molecule has 0 aromatic heterocycles. The number of benzene rings is 1.